The molecule has 0 spiro atoms. The molecule has 0 aliphatic heterocycles. The number of aromatic nitrogens is 1. The van der Waals surface area contributed by atoms with E-state index in [0.29, 0.717) is 23.0 Å². The van der Waals surface area contributed by atoms with Gasteiger partial charge in [0.25, 0.3) is 0 Å². The van der Waals surface area contributed by atoms with E-state index in [2.05, 4.69) is 4.98 Å². The molecule has 104 valence electrons. The standard InChI is InChI=1S/C14H13NO4S/c1-8-12(7-20-9(2)16)15-13(19-8)10-3-5-11(6-4-10)14(17)18/h3-6H,7H2,1-2H3,(H,17,18). The van der Waals surface area contributed by atoms with Gasteiger partial charge in [-0.25, -0.2) is 9.78 Å². The zero-order chi connectivity index (χ0) is 14.7. The molecule has 0 radical (unpaired) electrons. The third kappa shape index (κ3) is 3.27. The van der Waals surface area contributed by atoms with E-state index in [0.717, 1.165) is 5.69 Å². The molecule has 0 fully saturated rings. The number of hydrogen-bond acceptors (Lipinski definition) is 5. The third-order valence-corrected chi connectivity index (χ3v) is 3.51. The Kier molecular flexibility index (Phi) is 4.24. The van der Waals surface area contributed by atoms with Gasteiger partial charge < -0.3 is 9.52 Å². The first-order valence-corrected chi connectivity index (χ1v) is 6.89. The van der Waals surface area contributed by atoms with Crippen LogP contribution in [0.5, 0.6) is 0 Å². The Morgan fingerprint density at radius 1 is 1.30 bits per heavy atom. The zero-order valence-electron chi connectivity index (χ0n) is 11.0. The van der Waals surface area contributed by atoms with Crippen molar-refractivity contribution in [2.24, 2.45) is 0 Å². The van der Waals surface area contributed by atoms with E-state index >= 15 is 0 Å². The summed E-state index contributed by atoms with van der Waals surface area (Å²) < 4.78 is 5.55. The summed E-state index contributed by atoms with van der Waals surface area (Å²) in [5.74, 6) is 0.589. The molecule has 0 aliphatic rings. The van der Waals surface area contributed by atoms with E-state index in [1.807, 2.05) is 0 Å². The largest absolute Gasteiger partial charge is 0.478 e. The van der Waals surface area contributed by atoms with Gasteiger partial charge in [-0.1, -0.05) is 11.8 Å². The Balaban J connectivity index is 2.22. The van der Waals surface area contributed by atoms with Crippen LogP contribution in [-0.4, -0.2) is 21.2 Å². The monoisotopic (exact) mass is 291 g/mol. The van der Waals surface area contributed by atoms with Crippen LogP contribution in [0.4, 0.5) is 0 Å². The lowest BCUT2D eigenvalue weighted by atomic mass is 10.1. The molecule has 0 unspecified atom stereocenters. The minimum absolute atomic E-state index is 0.0276. The number of carboxylic acid groups (broad SMARTS) is 1. The third-order valence-electron chi connectivity index (χ3n) is 2.68. The molecule has 0 bridgehead atoms. The predicted octanol–water partition coefficient (Wildman–Crippen LogP) is 3.13. The predicted molar refractivity (Wildman–Crippen MR) is 75.6 cm³/mol. The molecule has 6 heteroatoms. The molecule has 2 aromatic rings. The highest BCUT2D eigenvalue weighted by Crippen LogP contribution is 2.24. The minimum Gasteiger partial charge on any atom is -0.478 e. The summed E-state index contributed by atoms with van der Waals surface area (Å²) in [6.07, 6.45) is 0. The zero-order valence-corrected chi connectivity index (χ0v) is 11.9. The number of oxazole rings is 1. The first-order chi connectivity index (χ1) is 9.47. The van der Waals surface area contributed by atoms with Crippen LogP contribution in [-0.2, 0) is 10.5 Å². The number of thioether (sulfide) groups is 1. The molecule has 5 nitrogen and oxygen atoms in total. The minimum atomic E-state index is -0.973. The normalized spacial score (nSPS) is 10.5. The molecule has 2 rings (SSSR count). The molecule has 1 aromatic heterocycles. The Morgan fingerprint density at radius 2 is 1.95 bits per heavy atom. The second-order valence-corrected chi connectivity index (χ2v) is 5.34. The Bertz CT molecular complexity index is 646. The summed E-state index contributed by atoms with van der Waals surface area (Å²) >= 11 is 1.17. The van der Waals surface area contributed by atoms with Crippen LogP contribution in [0.1, 0.15) is 28.7 Å². The van der Waals surface area contributed by atoms with Gasteiger partial charge in [0.15, 0.2) is 5.12 Å². The summed E-state index contributed by atoms with van der Waals surface area (Å²) in [5.41, 5.74) is 1.64. The number of benzene rings is 1. The highest BCUT2D eigenvalue weighted by Gasteiger charge is 2.13. The number of carbonyl (C=O) groups is 2. The van der Waals surface area contributed by atoms with E-state index in [9.17, 15) is 9.59 Å². The summed E-state index contributed by atoms with van der Waals surface area (Å²) in [7, 11) is 0. The van der Waals surface area contributed by atoms with Gasteiger partial charge in [0, 0.05) is 18.2 Å². The lowest BCUT2D eigenvalue weighted by Gasteiger charge is -1.96. The quantitative estimate of drug-likeness (QED) is 0.932. The van der Waals surface area contributed by atoms with Gasteiger partial charge in [-0.15, -0.1) is 0 Å². The molecular formula is C14H13NO4S. The van der Waals surface area contributed by atoms with Crippen molar-refractivity contribution in [3.63, 3.8) is 0 Å². The molecular weight excluding hydrogens is 278 g/mol. The maximum atomic E-state index is 11.0. The summed E-state index contributed by atoms with van der Waals surface area (Å²) in [6.45, 7) is 3.30. The van der Waals surface area contributed by atoms with Crippen molar-refractivity contribution in [1.82, 2.24) is 4.98 Å². The van der Waals surface area contributed by atoms with Gasteiger partial charge in [-0.2, -0.15) is 0 Å². The van der Waals surface area contributed by atoms with Crippen LogP contribution >= 0.6 is 11.8 Å². The number of nitrogens with zero attached hydrogens (tertiary/aromatic N) is 1. The first kappa shape index (κ1) is 14.3. The van der Waals surface area contributed by atoms with Crippen molar-refractivity contribution in [1.29, 1.82) is 0 Å². The molecule has 20 heavy (non-hydrogen) atoms. The van der Waals surface area contributed by atoms with Gasteiger partial charge in [0.2, 0.25) is 5.89 Å². The maximum Gasteiger partial charge on any atom is 0.335 e. The van der Waals surface area contributed by atoms with Crippen molar-refractivity contribution in [2.45, 2.75) is 19.6 Å². The second kappa shape index (κ2) is 5.92. The fourth-order valence-corrected chi connectivity index (χ4v) is 2.22. The molecule has 1 heterocycles. The number of carboxylic acids is 1. The topological polar surface area (TPSA) is 80.4 Å². The lowest BCUT2D eigenvalue weighted by molar-refractivity contribution is -0.109. The van der Waals surface area contributed by atoms with Crippen LogP contribution in [0.3, 0.4) is 0 Å². The molecule has 1 N–H and O–H groups in total. The Labute approximate surface area is 120 Å². The number of hydrogen-bond donors (Lipinski definition) is 1. The maximum absolute atomic E-state index is 11.0. The van der Waals surface area contributed by atoms with Gasteiger partial charge in [0.1, 0.15) is 5.76 Å². The fourth-order valence-electron chi connectivity index (χ4n) is 1.61. The molecule has 0 atom stereocenters. The van der Waals surface area contributed by atoms with E-state index in [1.54, 1.807) is 19.1 Å². The molecule has 0 amide bonds. The second-order valence-electron chi connectivity index (χ2n) is 4.18. The van der Waals surface area contributed by atoms with Crippen LogP contribution in [0.2, 0.25) is 0 Å². The van der Waals surface area contributed by atoms with Gasteiger partial charge in [-0.05, 0) is 31.2 Å². The van der Waals surface area contributed by atoms with Crippen LogP contribution in [0, 0.1) is 6.92 Å². The lowest BCUT2D eigenvalue weighted by Crippen LogP contribution is -1.95. The van der Waals surface area contributed by atoms with Crippen LogP contribution in [0.25, 0.3) is 11.5 Å². The fraction of sp³-hybridized carbons (Fsp3) is 0.214. The highest BCUT2D eigenvalue weighted by molar-refractivity contribution is 8.12. The van der Waals surface area contributed by atoms with Crippen LogP contribution in [0.15, 0.2) is 28.7 Å². The number of aryl methyl sites for hydroxylation is 1. The average Bonchev–Trinajstić information content (AvgIpc) is 2.78. The van der Waals surface area contributed by atoms with Gasteiger partial charge in [0.05, 0.1) is 11.3 Å². The average molecular weight is 291 g/mol. The van der Waals surface area contributed by atoms with Crippen LogP contribution < -0.4 is 0 Å². The number of carbonyl (C=O) groups excluding carboxylic acids is 1. The van der Waals surface area contributed by atoms with E-state index < -0.39 is 5.97 Å². The molecule has 0 saturated heterocycles. The first-order valence-electron chi connectivity index (χ1n) is 5.91. The number of aromatic carboxylic acids is 1. The molecule has 0 saturated carbocycles. The Morgan fingerprint density at radius 3 is 2.50 bits per heavy atom. The van der Waals surface area contributed by atoms with Crippen molar-refractivity contribution in [3.05, 3.63) is 41.3 Å². The van der Waals surface area contributed by atoms with Gasteiger partial charge in [-0.3, -0.25) is 4.79 Å². The van der Waals surface area contributed by atoms with Crippen molar-refractivity contribution in [2.75, 3.05) is 0 Å². The number of rotatable bonds is 4. The van der Waals surface area contributed by atoms with Crippen molar-refractivity contribution >= 4 is 22.8 Å². The van der Waals surface area contributed by atoms with E-state index in [1.165, 1.54) is 30.8 Å². The smallest absolute Gasteiger partial charge is 0.335 e. The van der Waals surface area contributed by atoms with Crippen molar-refractivity contribution < 1.29 is 19.1 Å². The summed E-state index contributed by atoms with van der Waals surface area (Å²) in [6, 6.07) is 6.30. The molecule has 1 aromatic carbocycles. The summed E-state index contributed by atoms with van der Waals surface area (Å²) in [4.78, 5) is 26.1. The SMILES string of the molecule is CC(=O)SCc1nc(-c2ccc(C(=O)O)cc2)oc1C. The van der Waals surface area contributed by atoms with Gasteiger partial charge >= 0.3 is 5.97 Å². The van der Waals surface area contributed by atoms with Crippen molar-refractivity contribution in [3.8, 4) is 11.5 Å². The molecule has 0 aliphatic carbocycles. The van der Waals surface area contributed by atoms with E-state index in [-0.39, 0.29) is 10.7 Å². The van der Waals surface area contributed by atoms with E-state index in [4.69, 9.17) is 9.52 Å². The Hall–Kier alpha value is -2.08. The highest BCUT2D eigenvalue weighted by atomic mass is 32.2. The summed E-state index contributed by atoms with van der Waals surface area (Å²) in [5, 5.41) is 8.87.